The fourth-order valence-electron chi connectivity index (χ4n) is 4.68. The zero-order chi connectivity index (χ0) is 22.2. The summed E-state index contributed by atoms with van der Waals surface area (Å²) in [6, 6.07) is 4.08. The highest BCUT2D eigenvalue weighted by Gasteiger charge is 2.47. The molecule has 166 valence electrons. The van der Waals surface area contributed by atoms with Crippen molar-refractivity contribution < 1.29 is 28.9 Å². The molecule has 3 aliphatic rings. The third-order valence-electron chi connectivity index (χ3n) is 6.45. The van der Waals surface area contributed by atoms with Crippen LogP contribution in [0.15, 0.2) is 29.4 Å². The minimum absolute atomic E-state index is 0.156. The van der Waals surface area contributed by atoms with Gasteiger partial charge in [0.05, 0.1) is 25.2 Å². The van der Waals surface area contributed by atoms with Gasteiger partial charge in [0.1, 0.15) is 23.2 Å². The van der Waals surface area contributed by atoms with Crippen LogP contribution in [0.5, 0.6) is 11.5 Å². The average Bonchev–Trinajstić information content (AvgIpc) is 2.80. The standard InChI is InChI=1S/C25H30O6/c1-4-15-10-17-16-8-6-7-9-20(26)19(24(27)28)11-18(16)23(25(3)13-29-14-25)31-22(17)12-21(15)30-5-2/h10-12,23H,4-9,13-14H2,1-3H3,(H,27,28)/b19-11+. The van der Waals surface area contributed by atoms with Crippen molar-refractivity contribution in [2.24, 2.45) is 5.41 Å². The van der Waals surface area contributed by atoms with Gasteiger partial charge in [-0.25, -0.2) is 4.79 Å². The Balaban J connectivity index is 1.95. The monoisotopic (exact) mass is 426 g/mol. The summed E-state index contributed by atoms with van der Waals surface area (Å²) in [6.07, 6.45) is 4.51. The number of benzene rings is 1. The highest BCUT2D eigenvalue weighted by Crippen LogP contribution is 2.48. The van der Waals surface area contributed by atoms with Gasteiger partial charge in [-0.05, 0) is 61.5 Å². The number of carboxylic acid groups (broad SMARTS) is 1. The molecule has 0 saturated carbocycles. The number of carbonyl (C=O) groups is 2. The fourth-order valence-corrected chi connectivity index (χ4v) is 4.68. The molecule has 2 heterocycles. The van der Waals surface area contributed by atoms with E-state index < -0.39 is 5.97 Å². The maximum Gasteiger partial charge on any atom is 0.339 e. The Bertz CT molecular complexity index is 966. The number of carboxylic acids is 1. The van der Waals surface area contributed by atoms with Crippen LogP contribution in [-0.4, -0.2) is 42.8 Å². The van der Waals surface area contributed by atoms with Crippen molar-refractivity contribution in [1.82, 2.24) is 0 Å². The molecule has 0 aromatic heterocycles. The number of ketones is 1. The summed E-state index contributed by atoms with van der Waals surface area (Å²) in [6.45, 7) is 7.76. The molecule has 0 radical (unpaired) electrons. The van der Waals surface area contributed by atoms with Crippen LogP contribution in [0.4, 0.5) is 0 Å². The SMILES string of the molecule is CCOc1cc2c(cc1CC)C1=C(/C=C(/C(=O)O)C(=O)CCCC1)C(C1(C)COC1)O2. The van der Waals surface area contributed by atoms with Gasteiger partial charge in [0.15, 0.2) is 5.78 Å². The van der Waals surface area contributed by atoms with Crippen molar-refractivity contribution >= 4 is 17.3 Å². The minimum Gasteiger partial charge on any atom is -0.493 e. The number of Topliss-reactive ketones (excluding diaryl/α,β-unsaturated/α-hetero) is 1. The first-order valence-electron chi connectivity index (χ1n) is 11.1. The quantitative estimate of drug-likeness (QED) is 0.705. The summed E-state index contributed by atoms with van der Waals surface area (Å²) in [4.78, 5) is 24.5. The largest absolute Gasteiger partial charge is 0.493 e. The minimum atomic E-state index is -1.18. The van der Waals surface area contributed by atoms with E-state index in [9.17, 15) is 14.7 Å². The Morgan fingerprint density at radius 3 is 2.58 bits per heavy atom. The predicted molar refractivity (Wildman–Crippen MR) is 116 cm³/mol. The van der Waals surface area contributed by atoms with E-state index in [1.807, 2.05) is 13.0 Å². The molecule has 1 aliphatic carbocycles. The molecule has 1 aromatic rings. The molecular weight excluding hydrogens is 396 g/mol. The summed E-state index contributed by atoms with van der Waals surface area (Å²) in [5.41, 5.74) is 3.50. The van der Waals surface area contributed by atoms with Gasteiger partial charge in [0, 0.05) is 18.1 Å². The first-order valence-corrected chi connectivity index (χ1v) is 11.1. The van der Waals surface area contributed by atoms with Crippen LogP contribution in [0.2, 0.25) is 0 Å². The highest BCUT2D eigenvalue weighted by atomic mass is 16.5. The fraction of sp³-hybridized carbons (Fsp3) is 0.520. The summed E-state index contributed by atoms with van der Waals surface area (Å²) in [7, 11) is 0. The third-order valence-corrected chi connectivity index (χ3v) is 6.45. The average molecular weight is 427 g/mol. The van der Waals surface area contributed by atoms with Crippen LogP contribution in [0.3, 0.4) is 0 Å². The second-order valence-corrected chi connectivity index (χ2v) is 8.81. The number of fused-ring (bicyclic) bond motifs is 2. The lowest BCUT2D eigenvalue weighted by atomic mass is 9.74. The van der Waals surface area contributed by atoms with E-state index in [1.165, 1.54) is 0 Å². The number of allylic oxidation sites excluding steroid dienone is 1. The van der Waals surface area contributed by atoms with Crippen molar-refractivity contribution in [2.75, 3.05) is 19.8 Å². The molecule has 1 fully saturated rings. The number of aryl methyl sites for hydroxylation is 1. The van der Waals surface area contributed by atoms with Gasteiger partial charge in [-0.15, -0.1) is 0 Å². The number of hydrogen-bond acceptors (Lipinski definition) is 5. The van der Waals surface area contributed by atoms with E-state index >= 15 is 0 Å². The first-order chi connectivity index (χ1) is 14.9. The van der Waals surface area contributed by atoms with E-state index in [2.05, 4.69) is 19.9 Å². The van der Waals surface area contributed by atoms with E-state index in [0.717, 1.165) is 53.0 Å². The molecule has 1 unspecified atom stereocenters. The van der Waals surface area contributed by atoms with Crippen LogP contribution in [0.1, 0.15) is 57.6 Å². The third kappa shape index (κ3) is 3.89. The van der Waals surface area contributed by atoms with Gasteiger partial charge in [0.25, 0.3) is 0 Å². The van der Waals surface area contributed by atoms with Crippen LogP contribution in [-0.2, 0) is 20.7 Å². The predicted octanol–water partition coefficient (Wildman–Crippen LogP) is 4.35. The van der Waals surface area contributed by atoms with E-state index in [0.29, 0.717) is 26.2 Å². The van der Waals surface area contributed by atoms with Crippen LogP contribution < -0.4 is 9.47 Å². The van der Waals surface area contributed by atoms with E-state index in [4.69, 9.17) is 14.2 Å². The molecule has 1 saturated heterocycles. The zero-order valence-corrected chi connectivity index (χ0v) is 18.5. The summed E-state index contributed by atoms with van der Waals surface area (Å²) >= 11 is 0. The molecule has 1 aromatic carbocycles. The number of rotatable bonds is 5. The number of hydrogen-bond donors (Lipinski definition) is 1. The van der Waals surface area contributed by atoms with Crippen molar-refractivity contribution in [1.29, 1.82) is 0 Å². The van der Waals surface area contributed by atoms with Gasteiger partial charge in [-0.2, -0.15) is 0 Å². The second-order valence-electron chi connectivity index (χ2n) is 8.81. The normalized spacial score (nSPS) is 24.3. The second kappa shape index (κ2) is 8.50. The molecular formula is C25H30O6. The molecule has 0 bridgehead atoms. The number of carbonyl (C=O) groups excluding carboxylic acids is 1. The van der Waals surface area contributed by atoms with E-state index in [1.54, 1.807) is 6.08 Å². The maximum atomic E-state index is 12.6. The topological polar surface area (TPSA) is 82.1 Å². The number of aliphatic carboxylic acids is 1. The lowest BCUT2D eigenvalue weighted by molar-refractivity contribution is -0.143. The van der Waals surface area contributed by atoms with Gasteiger partial charge in [-0.1, -0.05) is 13.8 Å². The Hall–Kier alpha value is -2.60. The Labute approximate surface area is 182 Å². The van der Waals surface area contributed by atoms with Crippen LogP contribution >= 0.6 is 0 Å². The van der Waals surface area contributed by atoms with Crippen molar-refractivity contribution in [3.63, 3.8) is 0 Å². The number of ether oxygens (including phenoxy) is 3. The molecule has 2 aliphatic heterocycles. The molecule has 0 amide bonds. The Morgan fingerprint density at radius 1 is 1.23 bits per heavy atom. The maximum absolute atomic E-state index is 12.6. The van der Waals surface area contributed by atoms with Gasteiger partial charge in [0.2, 0.25) is 0 Å². The van der Waals surface area contributed by atoms with Crippen LogP contribution in [0.25, 0.3) is 5.57 Å². The molecule has 6 heteroatoms. The molecule has 6 nitrogen and oxygen atoms in total. The zero-order valence-electron chi connectivity index (χ0n) is 18.5. The van der Waals surface area contributed by atoms with Gasteiger partial charge >= 0.3 is 5.97 Å². The first kappa shape index (κ1) is 21.6. The Morgan fingerprint density at radius 2 is 1.97 bits per heavy atom. The van der Waals surface area contributed by atoms with Gasteiger partial charge in [-0.3, -0.25) is 4.79 Å². The van der Waals surface area contributed by atoms with Crippen molar-refractivity contribution in [2.45, 2.75) is 59.0 Å². The summed E-state index contributed by atoms with van der Waals surface area (Å²) in [5.74, 6) is 0.0796. The molecule has 1 N–H and O–H groups in total. The van der Waals surface area contributed by atoms with Crippen molar-refractivity contribution in [3.05, 3.63) is 40.5 Å². The van der Waals surface area contributed by atoms with Gasteiger partial charge < -0.3 is 19.3 Å². The van der Waals surface area contributed by atoms with Crippen LogP contribution in [0, 0.1) is 5.41 Å². The summed E-state index contributed by atoms with van der Waals surface area (Å²) < 4.78 is 17.9. The molecule has 4 rings (SSSR count). The Kier molecular flexibility index (Phi) is 5.93. The molecule has 1 atom stereocenters. The lowest BCUT2D eigenvalue weighted by Gasteiger charge is -2.47. The molecule has 0 spiro atoms. The highest BCUT2D eigenvalue weighted by molar-refractivity contribution is 6.17. The lowest BCUT2D eigenvalue weighted by Crippen LogP contribution is -2.53. The van der Waals surface area contributed by atoms with E-state index in [-0.39, 0.29) is 29.3 Å². The summed E-state index contributed by atoms with van der Waals surface area (Å²) in [5, 5.41) is 9.75. The smallest absolute Gasteiger partial charge is 0.339 e. The van der Waals surface area contributed by atoms with Crippen molar-refractivity contribution in [3.8, 4) is 11.5 Å². The molecule has 31 heavy (non-hydrogen) atoms.